The maximum absolute atomic E-state index is 6.05. The fourth-order valence-electron chi connectivity index (χ4n) is 1.93. The van der Waals surface area contributed by atoms with Crippen LogP contribution in [0.25, 0.3) is 0 Å². The van der Waals surface area contributed by atoms with E-state index in [0.29, 0.717) is 6.04 Å². The third-order valence-electron chi connectivity index (χ3n) is 2.75. The summed E-state index contributed by atoms with van der Waals surface area (Å²) in [5, 5.41) is 0.868. The highest BCUT2D eigenvalue weighted by Crippen LogP contribution is 2.26. The SMILES string of the molecule is Cc1cc2c(cc1Cl)CC(N)CC2. The first kappa shape index (κ1) is 9.04. The van der Waals surface area contributed by atoms with E-state index in [1.807, 2.05) is 0 Å². The second kappa shape index (κ2) is 3.32. The molecule has 0 amide bonds. The lowest BCUT2D eigenvalue weighted by atomic mass is 9.88. The van der Waals surface area contributed by atoms with E-state index in [2.05, 4.69) is 19.1 Å². The number of rotatable bonds is 0. The zero-order valence-corrected chi connectivity index (χ0v) is 8.56. The third kappa shape index (κ3) is 1.72. The van der Waals surface area contributed by atoms with Gasteiger partial charge in [-0.15, -0.1) is 0 Å². The van der Waals surface area contributed by atoms with Gasteiger partial charge >= 0.3 is 0 Å². The van der Waals surface area contributed by atoms with Gasteiger partial charge in [-0.3, -0.25) is 0 Å². The average molecular weight is 196 g/mol. The summed E-state index contributed by atoms with van der Waals surface area (Å²) in [5.41, 5.74) is 9.85. The Morgan fingerprint density at radius 3 is 2.92 bits per heavy atom. The quantitative estimate of drug-likeness (QED) is 0.676. The van der Waals surface area contributed by atoms with Gasteiger partial charge in [0, 0.05) is 11.1 Å². The molecule has 0 saturated carbocycles. The molecule has 1 unspecified atom stereocenters. The van der Waals surface area contributed by atoms with E-state index in [0.717, 1.165) is 24.3 Å². The Morgan fingerprint density at radius 2 is 2.15 bits per heavy atom. The molecule has 0 spiro atoms. The molecule has 0 fully saturated rings. The second-order valence-corrected chi connectivity index (χ2v) is 4.28. The highest BCUT2D eigenvalue weighted by atomic mass is 35.5. The highest BCUT2D eigenvalue weighted by molar-refractivity contribution is 6.31. The monoisotopic (exact) mass is 195 g/mol. The minimum absolute atomic E-state index is 0.325. The molecule has 13 heavy (non-hydrogen) atoms. The van der Waals surface area contributed by atoms with E-state index in [1.165, 1.54) is 16.7 Å². The molecule has 2 N–H and O–H groups in total. The van der Waals surface area contributed by atoms with Crippen LogP contribution in [0.4, 0.5) is 0 Å². The first-order valence-electron chi connectivity index (χ1n) is 4.70. The van der Waals surface area contributed by atoms with Crippen LogP contribution in [0.15, 0.2) is 12.1 Å². The fraction of sp³-hybridized carbons (Fsp3) is 0.455. The summed E-state index contributed by atoms with van der Waals surface area (Å²) in [6.45, 7) is 2.05. The molecule has 0 aliphatic heterocycles. The molecule has 1 atom stereocenters. The van der Waals surface area contributed by atoms with E-state index in [-0.39, 0.29) is 0 Å². The van der Waals surface area contributed by atoms with Gasteiger partial charge in [-0.05, 0) is 48.9 Å². The van der Waals surface area contributed by atoms with Gasteiger partial charge in [0.05, 0.1) is 0 Å². The number of hydrogen-bond donors (Lipinski definition) is 1. The molecule has 0 bridgehead atoms. The Bertz CT molecular complexity index is 333. The van der Waals surface area contributed by atoms with Crippen molar-refractivity contribution in [2.75, 3.05) is 0 Å². The Labute approximate surface area is 83.9 Å². The minimum Gasteiger partial charge on any atom is -0.327 e. The predicted octanol–water partition coefficient (Wildman–Crippen LogP) is 2.46. The molecule has 1 aromatic rings. The van der Waals surface area contributed by atoms with E-state index in [9.17, 15) is 0 Å². The maximum atomic E-state index is 6.05. The van der Waals surface area contributed by atoms with Crippen LogP contribution < -0.4 is 5.73 Å². The molecule has 0 heterocycles. The lowest BCUT2D eigenvalue weighted by Crippen LogP contribution is -2.27. The van der Waals surface area contributed by atoms with Gasteiger partial charge in [-0.25, -0.2) is 0 Å². The smallest absolute Gasteiger partial charge is 0.0438 e. The van der Waals surface area contributed by atoms with Gasteiger partial charge in [0.25, 0.3) is 0 Å². The summed E-state index contributed by atoms with van der Waals surface area (Å²) < 4.78 is 0. The molecule has 0 radical (unpaired) electrons. The number of fused-ring (bicyclic) bond motifs is 1. The van der Waals surface area contributed by atoms with Crippen molar-refractivity contribution < 1.29 is 0 Å². The fourth-order valence-corrected chi connectivity index (χ4v) is 2.12. The first-order valence-corrected chi connectivity index (χ1v) is 5.08. The van der Waals surface area contributed by atoms with Crippen molar-refractivity contribution in [1.82, 2.24) is 0 Å². The Balaban J connectivity index is 2.43. The Morgan fingerprint density at radius 1 is 1.38 bits per heavy atom. The second-order valence-electron chi connectivity index (χ2n) is 3.87. The lowest BCUT2D eigenvalue weighted by molar-refractivity contribution is 0.576. The number of hydrogen-bond acceptors (Lipinski definition) is 1. The molecule has 2 heteroatoms. The van der Waals surface area contributed by atoms with Gasteiger partial charge in [-0.2, -0.15) is 0 Å². The van der Waals surface area contributed by atoms with Gasteiger partial charge in [0.2, 0.25) is 0 Å². The van der Waals surface area contributed by atoms with Crippen molar-refractivity contribution in [1.29, 1.82) is 0 Å². The van der Waals surface area contributed by atoms with Crippen molar-refractivity contribution >= 4 is 11.6 Å². The van der Waals surface area contributed by atoms with Crippen LogP contribution in [0, 0.1) is 6.92 Å². The van der Waals surface area contributed by atoms with Gasteiger partial charge < -0.3 is 5.73 Å². The van der Waals surface area contributed by atoms with Crippen LogP contribution in [0.1, 0.15) is 23.1 Å². The van der Waals surface area contributed by atoms with E-state index in [4.69, 9.17) is 17.3 Å². The number of aryl methyl sites for hydroxylation is 2. The zero-order valence-electron chi connectivity index (χ0n) is 7.81. The van der Waals surface area contributed by atoms with Crippen molar-refractivity contribution in [2.24, 2.45) is 5.73 Å². The molecular weight excluding hydrogens is 182 g/mol. The zero-order chi connectivity index (χ0) is 9.42. The average Bonchev–Trinajstić information content (AvgIpc) is 2.08. The molecule has 70 valence electrons. The summed E-state index contributed by atoms with van der Waals surface area (Å²) in [5.74, 6) is 0. The van der Waals surface area contributed by atoms with Gasteiger partial charge in [-0.1, -0.05) is 17.7 Å². The summed E-state index contributed by atoms with van der Waals surface area (Å²) in [6, 6.07) is 4.60. The Hall–Kier alpha value is -0.530. The molecular formula is C11H14ClN. The van der Waals surface area contributed by atoms with Crippen molar-refractivity contribution in [3.05, 3.63) is 33.8 Å². The number of halogens is 1. The van der Waals surface area contributed by atoms with Crippen LogP contribution in [-0.4, -0.2) is 6.04 Å². The predicted molar refractivity (Wildman–Crippen MR) is 56.2 cm³/mol. The number of nitrogens with two attached hydrogens (primary N) is 1. The van der Waals surface area contributed by atoms with Crippen molar-refractivity contribution in [3.63, 3.8) is 0 Å². The summed E-state index contributed by atoms with van der Waals surface area (Å²) in [4.78, 5) is 0. The Kier molecular flexibility index (Phi) is 2.31. The number of benzene rings is 1. The van der Waals surface area contributed by atoms with Crippen LogP contribution in [0.3, 0.4) is 0 Å². The molecule has 1 aliphatic rings. The van der Waals surface area contributed by atoms with E-state index in [1.54, 1.807) is 0 Å². The van der Waals surface area contributed by atoms with Crippen LogP contribution in [-0.2, 0) is 12.8 Å². The molecule has 1 aliphatic carbocycles. The third-order valence-corrected chi connectivity index (χ3v) is 3.15. The maximum Gasteiger partial charge on any atom is 0.0438 e. The first-order chi connectivity index (χ1) is 6.16. The van der Waals surface area contributed by atoms with E-state index < -0.39 is 0 Å². The summed E-state index contributed by atoms with van der Waals surface area (Å²) in [7, 11) is 0. The van der Waals surface area contributed by atoms with Gasteiger partial charge in [0.15, 0.2) is 0 Å². The topological polar surface area (TPSA) is 26.0 Å². The van der Waals surface area contributed by atoms with Crippen LogP contribution >= 0.6 is 11.6 Å². The van der Waals surface area contributed by atoms with E-state index >= 15 is 0 Å². The van der Waals surface area contributed by atoms with Crippen molar-refractivity contribution in [3.8, 4) is 0 Å². The largest absolute Gasteiger partial charge is 0.327 e. The van der Waals surface area contributed by atoms with Crippen LogP contribution in [0.2, 0.25) is 5.02 Å². The summed E-state index contributed by atoms with van der Waals surface area (Å²) in [6.07, 6.45) is 3.19. The summed E-state index contributed by atoms with van der Waals surface area (Å²) >= 11 is 6.05. The lowest BCUT2D eigenvalue weighted by Gasteiger charge is -2.22. The van der Waals surface area contributed by atoms with Gasteiger partial charge in [0.1, 0.15) is 0 Å². The molecule has 1 nitrogen and oxygen atoms in total. The standard InChI is InChI=1S/C11H14ClN/c1-7-4-8-2-3-10(13)5-9(8)6-11(7)12/h4,6,10H,2-3,5,13H2,1H3. The molecule has 1 aromatic carbocycles. The molecule has 0 saturated heterocycles. The minimum atomic E-state index is 0.325. The van der Waals surface area contributed by atoms with Crippen molar-refractivity contribution in [2.45, 2.75) is 32.2 Å². The highest BCUT2D eigenvalue weighted by Gasteiger charge is 2.16. The molecule has 2 rings (SSSR count). The van der Waals surface area contributed by atoms with Crippen LogP contribution in [0.5, 0.6) is 0 Å². The normalized spacial score (nSPS) is 21.3. The molecule has 0 aromatic heterocycles.